The highest BCUT2D eigenvalue weighted by Crippen LogP contribution is 2.44. The van der Waals surface area contributed by atoms with Gasteiger partial charge in [-0.15, -0.1) is 0 Å². The van der Waals surface area contributed by atoms with E-state index >= 15 is 0 Å². The van der Waals surface area contributed by atoms with Gasteiger partial charge in [-0.2, -0.15) is 0 Å². The summed E-state index contributed by atoms with van der Waals surface area (Å²) in [6, 6.07) is 20.2. The largest absolute Gasteiger partial charge is 0.465 e. The Bertz CT molecular complexity index is 1580. The number of amides is 2. The van der Waals surface area contributed by atoms with Crippen LogP contribution in [-0.4, -0.2) is 45.4 Å². The first kappa shape index (κ1) is 24.6. The first-order valence-electron chi connectivity index (χ1n) is 12.9. The number of aryl methyl sites for hydroxylation is 1. The molecule has 39 heavy (non-hydrogen) atoms. The lowest BCUT2D eigenvalue weighted by molar-refractivity contribution is -0.120. The number of hydrogen-bond donors (Lipinski definition) is 4. The molecular weight excluding hydrogens is 494 g/mol. The molecule has 2 aliphatic rings. The molecule has 0 aliphatic carbocycles. The van der Waals surface area contributed by atoms with Gasteiger partial charge in [-0.3, -0.25) is 14.5 Å². The Morgan fingerprint density at radius 1 is 1.00 bits per heavy atom. The van der Waals surface area contributed by atoms with Crippen LogP contribution < -0.4 is 16.0 Å². The standard InChI is InChI=1S/C30H27N5O4/c31-15-26(36)20-10-6-18(7-11-20)17-4-8-19(9-5-17)24-16-32-28(33-24)25-14-22-3-1-2-21-12-13-23(34-30(38)39)29(37)35(25)27(21)22/h1-11,16,23,25,34H,12-15,31H2,(H,32,33)(H,38,39)/t23-,25-/m0/s1. The summed E-state index contributed by atoms with van der Waals surface area (Å²) < 4.78 is 0. The average molecular weight is 522 g/mol. The van der Waals surface area contributed by atoms with Crippen LogP contribution in [0.2, 0.25) is 0 Å². The van der Waals surface area contributed by atoms with E-state index in [4.69, 9.17) is 5.73 Å². The number of benzene rings is 3. The summed E-state index contributed by atoms with van der Waals surface area (Å²) in [6.45, 7) is -0.0138. The van der Waals surface area contributed by atoms with Crippen molar-refractivity contribution in [1.29, 1.82) is 0 Å². The number of imidazole rings is 1. The van der Waals surface area contributed by atoms with Crippen LogP contribution in [-0.2, 0) is 17.6 Å². The fourth-order valence-electron chi connectivity index (χ4n) is 5.59. The van der Waals surface area contributed by atoms with Crippen LogP contribution in [0.5, 0.6) is 0 Å². The predicted molar refractivity (Wildman–Crippen MR) is 146 cm³/mol. The number of hydrogen-bond acceptors (Lipinski definition) is 5. The van der Waals surface area contributed by atoms with Crippen LogP contribution in [0.3, 0.4) is 0 Å². The molecule has 2 amide bonds. The number of H-pyrrole nitrogens is 1. The SMILES string of the molecule is NCC(=O)c1ccc(-c2ccc(-c3cnc([C@@H]4Cc5cccc6c5N4C(=O)[C@@H](NC(=O)O)CC6)[nH]3)cc2)cc1. The van der Waals surface area contributed by atoms with Gasteiger partial charge in [0.05, 0.1) is 30.2 Å². The number of carbonyl (C=O) groups excluding carboxylic acids is 2. The molecule has 3 aromatic carbocycles. The third-order valence-electron chi connectivity index (χ3n) is 7.54. The second-order valence-corrected chi connectivity index (χ2v) is 9.86. The van der Waals surface area contributed by atoms with Gasteiger partial charge in [-0.05, 0) is 40.7 Å². The topological polar surface area (TPSA) is 141 Å². The number of nitrogens with two attached hydrogens (primary N) is 1. The smallest absolute Gasteiger partial charge is 0.405 e. The summed E-state index contributed by atoms with van der Waals surface area (Å²) in [5.41, 5.74) is 12.8. The molecule has 0 radical (unpaired) electrons. The molecule has 2 atom stereocenters. The van der Waals surface area contributed by atoms with E-state index in [1.54, 1.807) is 23.2 Å². The van der Waals surface area contributed by atoms with E-state index in [1.807, 2.05) is 54.6 Å². The maximum atomic E-state index is 13.5. The quantitative estimate of drug-likeness (QED) is 0.282. The van der Waals surface area contributed by atoms with E-state index in [0.717, 1.165) is 39.2 Å². The molecule has 9 heteroatoms. The Kier molecular flexibility index (Phi) is 6.20. The van der Waals surface area contributed by atoms with Gasteiger partial charge in [-0.25, -0.2) is 9.78 Å². The second kappa shape index (κ2) is 9.85. The van der Waals surface area contributed by atoms with Crippen LogP contribution in [0.25, 0.3) is 22.4 Å². The summed E-state index contributed by atoms with van der Waals surface area (Å²) in [7, 11) is 0. The molecule has 5 N–H and O–H groups in total. The van der Waals surface area contributed by atoms with Crippen LogP contribution in [0.4, 0.5) is 10.5 Å². The number of nitrogens with one attached hydrogen (secondary N) is 2. The molecule has 196 valence electrons. The molecule has 0 bridgehead atoms. The van der Waals surface area contributed by atoms with E-state index in [-0.39, 0.29) is 24.3 Å². The lowest BCUT2D eigenvalue weighted by Gasteiger charge is -2.27. The van der Waals surface area contributed by atoms with Gasteiger partial charge < -0.3 is 21.1 Å². The molecule has 4 aromatic rings. The van der Waals surface area contributed by atoms with Gasteiger partial charge in [0.1, 0.15) is 11.9 Å². The summed E-state index contributed by atoms with van der Waals surface area (Å²) in [5, 5.41) is 11.7. The minimum Gasteiger partial charge on any atom is -0.465 e. The van der Waals surface area contributed by atoms with Gasteiger partial charge in [0, 0.05) is 12.0 Å². The number of rotatable bonds is 6. The van der Waals surface area contributed by atoms with Crippen LogP contribution in [0.1, 0.15) is 39.8 Å². The molecule has 6 rings (SSSR count). The average Bonchev–Trinajstić information content (AvgIpc) is 3.57. The molecule has 0 unspecified atom stereocenters. The molecule has 2 aliphatic heterocycles. The van der Waals surface area contributed by atoms with Crippen molar-refractivity contribution >= 4 is 23.5 Å². The zero-order chi connectivity index (χ0) is 27.1. The number of nitrogens with zero attached hydrogens (tertiary/aromatic N) is 2. The lowest BCUT2D eigenvalue weighted by Crippen LogP contribution is -2.48. The van der Waals surface area contributed by atoms with Gasteiger partial charge >= 0.3 is 6.09 Å². The molecule has 3 heterocycles. The number of carboxylic acid groups (broad SMARTS) is 1. The second-order valence-electron chi connectivity index (χ2n) is 9.86. The number of aromatic nitrogens is 2. The van der Waals surface area contributed by atoms with Gasteiger partial charge in [0.2, 0.25) is 5.91 Å². The van der Waals surface area contributed by atoms with Crippen LogP contribution >= 0.6 is 0 Å². The maximum absolute atomic E-state index is 13.5. The number of carbonyl (C=O) groups is 3. The van der Waals surface area contributed by atoms with E-state index in [9.17, 15) is 19.5 Å². The molecule has 0 saturated heterocycles. The Morgan fingerprint density at radius 2 is 1.67 bits per heavy atom. The Morgan fingerprint density at radius 3 is 2.36 bits per heavy atom. The number of aromatic amines is 1. The number of ketones is 1. The summed E-state index contributed by atoms with van der Waals surface area (Å²) in [4.78, 5) is 46.5. The highest BCUT2D eigenvalue weighted by molar-refractivity contribution is 6.02. The third kappa shape index (κ3) is 4.46. The molecule has 0 saturated carbocycles. The molecule has 0 fully saturated rings. The van der Waals surface area contributed by atoms with Crippen molar-refractivity contribution in [1.82, 2.24) is 15.3 Å². The third-order valence-corrected chi connectivity index (χ3v) is 7.54. The highest BCUT2D eigenvalue weighted by atomic mass is 16.4. The highest BCUT2D eigenvalue weighted by Gasteiger charge is 2.42. The monoisotopic (exact) mass is 521 g/mol. The van der Waals surface area contributed by atoms with Crippen LogP contribution in [0.15, 0.2) is 72.9 Å². The first-order valence-corrected chi connectivity index (χ1v) is 12.9. The molecule has 9 nitrogen and oxygen atoms in total. The van der Waals surface area contributed by atoms with E-state index in [0.29, 0.717) is 30.7 Å². The summed E-state index contributed by atoms with van der Waals surface area (Å²) in [5.74, 6) is 0.303. The fraction of sp³-hybridized carbons (Fsp3) is 0.200. The number of para-hydroxylation sites is 1. The van der Waals surface area contributed by atoms with Crippen molar-refractivity contribution in [3.63, 3.8) is 0 Å². The maximum Gasteiger partial charge on any atom is 0.405 e. The fourth-order valence-corrected chi connectivity index (χ4v) is 5.59. The Hall–Kier alpha value is -4.76. The van der Waals surface area contributed by atoms with Gasteiger partial charge in [0.15, 0.2) is 5.78 Å². The van der Waals surface area contributed by atoms with Crippen molar-refractivity contribution in [2.24, 2.45) is 5.73 Å². The van der Waals surface area contributed by atoms with Crippen molar-refractivity contribution in [3.8, 4) is 22.4 Å². The summed E-state index contributed by atoms with van der Waals surface area (Å²) >= 11 is 0. The first-order chi connectivity index (χ1) is 18.9. The van der Waals surface area contributed by atoms with Gasteiger partial charge in [-0.1, -0.05) is 66.7 Å². The van der Waals surface area contributed by atoms with E-state index in [2.05, 4.69) is 15.3 Å². The molecule has 0 spiro atoms. The van der Waals surface area contributed by atoms with Crippen LogP contribution in [0, 0.1) is 0 Å². The minimum absolute atomic E-state index is 0.0138. The van der Waals surface area contributed by atoms with Crippen molar-refractivity contribution in [3.05, 3.63) is 95.4 Å². The summed E-state index contributed by atoms with van der Waals surface area (Å²) in [6.07, 6.45) is 2.18. The van der Waals surface area contributed by atoms with E-state index in [1.165, 1.54) is 0 Å². The van der Waals surface area contributed by atoms with Crippen molar-refractivity contribution < 1.29 is 19.5 Å². The normalized spacial score (nSPS) is 18.0. The predicted octanol–water partition coefficient (Wildman–Crippen LogP) is 4.10. The molecule has 1 aromatic heterocycles. The van der Waals surface area contributed by atoms with Gasteiger partial charge in [0.25, 0.3) is 0 Å². The zero-order valence-corrected chi connectivity index (χ0v) is 21.1. The van der Waals surface area contributed by atoms with Crippen molar-refractivity contribution in [2.75, 3.05) is 11.4 Å². The Labute approximate surface area is 224 Å². The number of Topliss-reactive ketones (excluding diaryl/α,β-unsaturated/α-hetero) is 1. The Balaban J connectivity index is 1.26. The molecular formula is C30H27N5O4. The zero-order valence-electron chi connectivity index (χ0n) is 21.1. The van der Waals surface area contributed by atoms with E-state index < -0.39 is 12.1 Å². The van der Waals surface area contributed by atoms with Crippen molar-refractivity contribution in [2.45, 2.75) is 31.3 Å². The lowest BCUT2D eigenvalue weighted by atomic mass is 10.0. The number of anilines is 1. The minimum atomic E-state index is -1.21.